The second-order valence-corrected chi connectivity index (χ2v) is 5.82. The molecule has 1 aromatic carbocycles. The summed E-state index contributed by atoms with van der Waals surface area (Å²) in [5, 5.41) is 15.8. The molecule has 2 heterocycles. The first-order valence-electron chi connectivity index (χ1n) is 7.61. The number of rotatable bonds is 4. The second kappa shape index (κ2) is 5.91. The lowest BCUT2D eigenvalue weighted by atomic mass is 10.1. The van der Waals surface area contributed by atoms with Crippen LogP contribution >= 0.6 is 0 Å². The SMILES string of the molecule is CC(=O)c1ccc(N2CCC[C@H]2c2nc(N)n(C)n2)c([N+](=O)[O-])c1. The minimum atomic E-state index is -0.461. The van der Waals surface area contributed by atoms with Gasteiger partial charge in [0, 0.05) is 25.2 Å². The molecule has 1 atom stereocenters. The van der Waals surface area contributed by atoms with E-state index in [1.165, 1.54) is 17.7 Å². The van der Waals surface area contributed by atoms with E-state index in [9.17, 15) is 14.9 Å². The van der Waals surface area contributed by atoms with Gasteiger partial charge in [-0.25, -0.2) is 4.68 Å². The van der Waals surface area contributed by atoms with E-state index in [2.05, 4.69) is 10.1 Å². The van der Waals surface area contributed by atoms with Gasteiger partial charge in [-0.3, -0.25) is 14.9 Å². The summed E-state index contributed by atoms with van der Waals surface area (Å²) in [5.74, 6) is 0.650. The molecule has 2 N–H and O–H groups in total. The Kier molecular flexibility index (Phi) is 3.92. The van der Waals surface area contributed by atoms with Gasteiger partial charge < -0.3 is 10.6 Å². The minimum Gasteiger partial charge on any atom is -0.368 e. The van der Waals surface area contributed by atoms with Crippen molar-refractivity contribution in [3.05, 3.63) is 39.7 Å². The lowest BCUT2D eigenvalue weighted by Crippen LogP contribution is -2.24. The summed E-state index contributed by atoms with van der Waals surface area (Å²) < 4.78 is 1.49. The fourth-order valence-electron chi connectivity index (χ4n) is 3.01. The Hall–Kier alpha value is -2.97. The Morgan fingerprint density at radius 3 is 2.79 bits per heavy atom. The van der Waals surface area contributed by atoms with Crippen LogP contribution in [0.2, 0.25) is 0 Å². The first kappa shape index (κ1) is 15.9. The zero-order valence-electron chi connectivity index (χ0n) is 13.5. The number of hydrogen-bond acceptors (Lipinski definition) is 7. The summed E-state index contributed by atoms with van der Waals surface area (Å²) >= 11 is 0. The normalized spacial score (nSPS) is 17.2. The van der Waals surface area contributed by atoms with E-state index in [4.69, 9.17) is 5.73 Å². The molecule has 126 valence electrons. The standard InChI is InChI=1S/C15H18N6O3/c1-9(22)10-5-6-11(13(8-10)21(23)24)20-7-3-4-12(20)14-17-15(16)19(2)18-14/h5-6,8,12H,3-4,7H2,1-2H3,(H2,16,17,18)/t12-/m0/s1. The molecule has 1 aliphatic heterocycles. The lowest BCUT2D eigenvalue weighted by molar-refractivity contribution is -0.384. The molecule has 3 rings (SSSR count). The van der Waals surface area contributed by atoms with Crippen molar-refractivity contribution in [1.82, 2.24) is 14.8 Å². The zero-order chi connectivity index (χ0) is 17.4. The van der Waals surface area contributed by atoms with E-state index in [-0.39, 0.29) is 17.5 Å². The van der Waals surface area contributed by atoms with Gasteiger partial charge in [-0.2, -0.15) is 10.1 Å². The van der Waals surface area contributed by atoms with Gasteiger partial charge >= 0.3 is 0 Å². The summed E-state index contributed by atoms with van der Waals surface area (Å²) in [5.41, 5.74) is 6.46. The molecule has 0 saturated carbocycles. The minimum absolute atomic E-state index is 0.0847. The maximum absolute atomic E-state index is 11.5. The highest BCUT2D eigenvalue weighted by Crippen LogP contribution is 2.40. The number of Topliss-reactive ketones (excluding diaryl/α,β-unsaturated/α-hetero) is 1. The summed E-state index contributed by atoms with van der Waals surface area (Å²) in [7, 11) is 1.70. The average Bonchev–Trinajstić information content (AvgIpc) is 3.13. The zero-order valence-corrected chi connectivity index (χ0v) is 13.5. The largest absolute Gasteiger partial charge is 0.368 e. The number of aryl methyl sites for hydroxylation is 1. The quantitative estimate of drug-likeness (QED) is 0.516. The van der Waals surface area contributed by atoms with Gasteiger partial charge in [0.15, 0.2) is 11.6 Å². The molecular formula is C15H18N6O3. The monoisotopic (exact) mass is 330 g/mol. The van der Waals surface area contributed by atoms with Gasteiger partial charge in [0.05, 0.1) is 11.0 Å². The Labute approximate surface area is 138 Å². The number of carbonyl (C=O) groups excluding carboxylic acids is 1. The van der Waals surface area contributed by atoms with Crippen LogP contribution in [0.3, 0.4) is 0 Å². The van der Waals surface area contributed by atoms with Gasteiger partial charge in [0.1, 0.15) is 5.69 Å². The summed E-state index contributed by atoms with van der Waals surface area (Å²) in [6.07, 6.45) is 1.66. The van der Waals surface area contributed by atoms with E-state index in [0.29, 0.717) is 29.6 Å². The van der Waals surface area contributed by atoms with Crippen molar-refractivity contribution in [3.8, 4) is 0 Å². The topological polar surface area (TPSA) is 120 Å². The van der Waals surface area contributed by atoms with Gasteiger partial charge in [-0.15, -0.1) is 0 Å². The number of nitro benzene ring substituents is 1. The predicted molar refractivity (Wildman–Crippen MR) is 87.8 cm³/mol. The third-order valence-corrected chi connectivity index (χ3v) is 4.25. The van der Waals surface area contributed by atoms with Crippen molar-refractivity contribution < 1.29 is 9.72 Å². The maximum atomic E-state index is 11.5. The van der Waals surface area contributed by atoms with Crippen LogP contribution in [0.5, 0.6) is 0 Å². The predicted octanol–water partition coefficient (Wildman–Crippen LogP) is 1.85. The van der Waals surface area contributed by atoms with Crippen molar-refractivity contribution in [3.63, 3.8) is 0 Å². The molecule has 9 nitrogen and oxygen atoms in total. The molecule has 0 amide bonds. The molecule has 0 spiro atoms. The number of nitro groups is 1. The van der Waals surface area contributed by atoms with Crippen LogP contribution < -0.4 is 10.6 Å². The number of nitrogens with two attached hydrogens (primary N) is 1. The van der Waals surface area contributed by atoms with Crippen molar-refractivity contribution in [2.75, 3.05) is 17.2 Å². The van der Waals surface area contributed by atoms with Gasteiger partial charge in [-0.1, -0.05) is 0 Å². The molecule has 2 aromatic rings. The van der Waals surface area contributed by atoms with Gasteiger partial charge in [0.2, 0.25) is 5.95 Å². The lowest BCUT2D eigenvalue weighted by Gasteiger charge is -2.24. The number of ketones is 1. The Bertz CT molecular complexity index is 796. The number of hydrogen-bond donors (Lipinski definition) is 1. The van der Waals surface area contributed by atoms with Gasteiger partial charge in [-0.05, 0) is 31.9 Å². The number of aromatic nitrogens is 3. The molecular weight excluding hydrogens is 312 g/mol. The fraction of sp³-hybridized carbons (Fsp3) is 0.400. The van der Waals surface area contributed by atoms with Crippen molar-refractivity contribution in [2.45, 2.75) is 25.8 Å². The highest BCUT2D eigenvalue weighted by Gasteiger charge is 2.33. The van der Waals surface area contributed by atoms with Crippen molar-refractivity contribution in [2.24, 2.45) is 7.05 Å². The highest BCUT2D eigenvalue weighted by atomic mass is 16.6. The molecule has 1 saturated heterocycles. The van der Waals surface area contributed by atoms with E-state index in [1.807, 2.05) is 4.90 Å². The average molecular weight is 330 g/mol. The van der Waals surface area contributed by atoms with Crippen LogP contribution in [0.25, 0.3) is 0 Å². The molecule has 1 fully saturated rings. The van der Waals surface area contributed by atoms with Crippen LogP contribution in [0.15, 0.2) is 18.2 Å². The third kappa shape index (κ3) is 2.68. The Morgan fingerprint density at radius 2 is 2.21 bits per heavy atom. The number of anilines is 2. The number of benzene rings is 1. The Morgan fingerprint density at radius 1 is 1.46 bits per heavy atom. The molecule has 1 aliphatic rings. The van der Waals surface area contributed by atoms with Gasteiger partial charge in [0.25, 0.3) is 5.69 Å². The maximum Gasteiger partial charge on any atom is 0.293 e. The first-order valence-corrected chi connectivity index (χ1v) is 7.61. The van der Waals surface area contributed by atoms with E-state index >= 15 is 0 Å². The van der Waals surface area contributed by atoms with E-state index in [0.717, 1.165) is 12.8 Å². The number of carbonyl (C=O) groups is 1. The van der Waals surface area contributed by atoms with Crippen LogP contribution in [-0.4, -0.2) is 32.0 Å². The molecule has 0 aliphatic carbocycles. The summed E-state index contributed by atoms with van der Waals surface area (Å²) in [6, 6.07) is 4.39. The number of nitrogens with zero attached hydrogens (tertiary/aromatic N) is 5. The molecule has 9 heteroatoms. The molecule has 0 radical (unpaired) electrons. The van der Waals surface area contributed by atoms with Crippen LogP contribution in [0, 0.1) is 10.1 Å². The van der Waals surface area contributed by atoms with Crippen LogP contribution in [-0.2, 0) is 7.05 Å². The molecule has 24 heavy (non-hydrogen) atoms. The molecule has 0 unspecified atom stereocenters. The fourth-order valence-corrected chi connectivity index (χ4v) is 3.01. The number of nitrogen functional groups attached to an aromatic ring is 1. The summed E-state index contributed by atoms with van der Waals surface area (Å²) in [4.78, 5) is 28.7. The van der Waals surface area contributed by atoms with Crippen molar-refractivity contribution >= 4 is 23.1 Å². The van der Waals surface area contributed by atoms with E-state index in [1.54, 1.807) is 19.2 Å². The smallest absolute Gasteiger partial charge is 0.293 e. The van der Waals surface area contributed by atoms with Crippen LogP contribution in [0.4, 0.5) is 17.3 Å². The first-order chi connectivity index (χ1) is 11.4. The third-order valence-electron chi connectivity index (χ3n) is 4.25. The molecule has 0 bridgehead atoms. The Balaban J connectivity index is 2.03. The second-order valence-electron chi connectivity index (χ2n) is 5.82. The highest BCUT2D eigenvalue weighted by molar-refractivity contribution is 5.95. The van der Waals surface area contributed by atoms with Crippen LogP contribution in [0.1, 0.15) is 42.0 Å². The van der Waals surface area contributed by atoms with E-state index < -0.39 is 4.92 Å². The van der Waals surface area contributed by atoms with Crippen molar-refractivity contribution in [1.29, 1.82) is 0 Å². The summed E-state index contributed by atoms with van der Waals surface area (Å²) in [6.45, 7) is 2.04. The molecule has 1 aromatic heterocycles.